The molecule has 0 radical (unpaired) electrons. The minimum Gasteiger partial charge on any atom is -0.338 e. The summed E-state index contributed by atoms with van der Waals surface area (Å²) in [6, 6.07) is 0. The van der Waals surface area contributed by atoms with Gasteiger partial charge in [-0.2, -0.15) is 4.98 Å². The molecule has 1 fully saturated rings. The first-order valence-corrected chi connectivity index (χ1v) is 8.45. The second-order valence-corrected chi connectivity index (χ2v) is 7.93. The molecule has 0 spiro atoms. The van der Waals surface area contributed by atoms with Gasteiger partial charge in [0.15, 0.2) is 15.7 Å². The van der Waals surface area contributed by atoms with Crippen LogP contribution >= 0.6 is 0 Å². The smallest absolute Gasteiger partial charge is 0.241 e. The fourth-order valence-electron chi connectivity index (χ4n) is 2.50. The zero-order valence-electron chi connectivity index (χ0n) is 11.4. The molecule has 6 nitrogen and oxygen atoms in total. The van der Waals surface area contributed by atoms with Crippen LogP contribution in [0.5, 0.6) is 0 Å². The van der Waals surface area contributed by atoms with Crippen LogP contribution in [0, 0.1) is 5.92 Å². The Kier molecular flexibility index (Phi) is 3.96. The summed E-state index contributed by atoms with van der Waals surface area (Å²) in [5, 5.41) is 3.86. The number of nitrogens with zero attached hydrogens (tertiary/aromatic N) is 2. The van der Waals surface area contributed by atoms with Crippen LogP contribution in [0.4, 0.5) is 0 Å². The number of hydrogen-bond acceptors (Lipinski definition) is 6. The highest BCUT2D eigenvalue weighted by atomic mass is 32.2. The maximum Gasteiger partial charge on any atom is 0.241 e. The molecule has 0 aliphatic heterocycles. The fraction of sp³-hybridized carbons (Fsp3) is 0.833. The Labute approximate surface area is 113 Å². The minimum atomic E-state index is -3.20. The molecule has 2 rings (SSSR count). The van der Waals surface area contributed by atoms with Crippen molar-refractivity contribution in [2.24, 2.45) is 11.7 Å². The van der Waals surface area contributed by atoms with E-state index < -0.39 is 15.4 Å². The van der Waals surface area contributed by atoms with E-state index in [0.29, 0.717) is 5.82 Å². The Morgan fingerprint density at radius 2 is 2.00 bits per heavy atom. The van der Waals surface area contributed by atoms with Gasteiger partial charge in [0.05, 0.1) is 11.3 Å². The first-order valence-electron chi connectivity index (χ1n) is 6.63. The number of sulfone groups is 1. The van der Waals surface area contributed by atoms with E-state index in [1.165, 1.54) is 0 Å². The molecule has 0 saturated heterocycles. The van der Waals surface area contributed by atoms with Gasteiger partial charge >= 0.3 is 0 Å². The Balaban J connectivity index is 2.09. The standard InChI is InChI=1S/C12H21N3O3S/c1-9(2)7-19(16,17)8-10-14-11(15-18-10)12(13)5-3-4-6-12/h9H,3-8,13H2,1-2H3. The molecular formula is C12H21N3O3S. The maximum atomic E-state index is 11.9. The molecule has 1 aromatic rings. The van der Waals surface area contributed by atoms with E-state index in [1.807, 2.05) is 13.8 Å². The lowest BCUT2D eigenvalue weighted by molar-refractivity contribution is 0.354. The van der Waals surface area contributed by atoms with Crippen molar-refractivity contribution >= 4 is 9.84 Å². The van der Waals surface area contributed by atoms with Crippen LogP contribution in [0.1, 0.15) is 51.2 Å². The van der Waals surface area contributed by atoms with Gasteiger partial charge in [-0.25, -0.2) is 8.42 Å². The third-order valence-electron chi connectivity index (χ3n) is 3.34. The largest absolute Gasteiger partial charge is 0.338 e. The summed E-state index contributed by atoms with van der Waals surface area (Å²) in [4.78, 5) is 4.17. The van der Waals surface area contributed by atoms with Crippen molar-refractivity contribution in [1.29, 1.82) is 0 Å². The van der Waals surface area contributed by atoms with E-state index in [4.69, 9.17) is 10.3 Å². The predicted octanol–water partition coefficient (Wildman–Crippen LogP) is 1.37. The van der Waals surface area contributed by atoms with Gasteiger partial charge in [-0.05, 0) is 18.8 Å². The summed E-state index contributed by atoms with van der Waals surface area (Å²) in [5.74, 6) is 0.599. The first kappa shape index (κ1) is 14.5. The van der Waals surface area contributed by atoms with Crippen LogP contribution in [0.15, 0.2) is 4.52 Å². The van der Waals surface area contributed by atoms with Crippen LogP contribution in [-0.2, 0) is 21.1 Å². The third kappa shape index (κ3) is 3.54. The molecular weight excluding hydrogens is 266 g/mol. The van der Waals surface area contributed by atoms with E-state index >= 15 is 0 Å². The summed E-state index contributed by atoms with van der Waals surface area (Å²) in [7, 11) is -3.20. The average molecular weight is 287 g/mol. The van der Waals surface area contributed by atoms with Gasteiger partial charge in [0.1, 0.15) is 5.75 Å². The lowest BCUT2D eigenvalue weighted by Gasteiger charge is -2.17. The van der Waals surface area contributed by atoms with Crippen LogP contribution < -0.4 is 5.73 Å². The molecule has 0 atom stereocenters. The summed E-state index contributed by atoms with van der Waals surface area (Å²) >= 11 is 0. The van der Waals surface area contributed by atoms with Gasteiger partial charge in [0, 0.05) is 0 Å². The van der Waals surface area contributed by atoms with Gasteiger partial charge in [-0.1, -0.05) is 31.8 Å². The fourth-order valence-corrected chi connectivity index (χ4v) is 4.13. The van der Waals surface area contributed by atoms with Gasteiger partial charge in [0.25, 0.3) is 0 Å². The Morgan fingerprint density at radius 1 is 1.37 bits per heavy atom. The molecule has 108 valence electrons. The summed E-state index contributed by atoms with van der Waals surface area (Å²) < 4.78 is 28.8. The molecule has 0 aromatic carbocycles. The number of aromatic nitrogens is 2. The molecule has 19 heavy (non-hydrogen) atoms. The second-order valence-electron chi connectivity index (χ2n) is 5.82. The average Bonchev–Trinajstić information content (AvgIpc) is 2.85. The van der Waals surface area contributed by atoms with E-state index in [0.717, 1.165) is 25.7 Å². The summed E-state index contributed by atoms with van der Waals surface area (Å²) in [6.07, 6.45) is 3.74. The van der Waals surface area contributed by atoms with Crippen molar-refractivity contribution in [2.75, 3.05) is 5.75 Å². The van der Waals surface area contributed by atoms with E-state index in [9.17, 15) is 8.42 Å². The molecule has 1 aromatic heterocycles. The van der Waals surface area contributed by atoms with Crippen molar-refractivity contribution in [2.45, 2.75) is 50.8 Å². The minimum absolute atomic E-state index is 0.0862. The van der Waals surface area contributed by atoms with Gasteiger partial charge in [0.2, 0.25) is 5.89 Å². The van der Waals surface area contributed by atoms with Crippen LogP contribution in [-0.4, -0.2) is 24.3 Å². The van der Waals surface area contributed by atoms with Crippen LogP contribution in [0.25, 0.3) is 0 Å². The summed E-state index contributed by atoms with van der Waals surface area (Å²) in [6.45, 7) is 3.73. The van der Waals surface area contributed by atoms with Gasteiger partial charge < -0.3 is 10.3 Å². The van der Waals surface area contributed by atoms with Crippen molar-refractivity contribution in [1.82, 2.24) is 10.1 Å². The molecule has 1 saturated carbocycles. The molecule has 0 unspecified atom stereocenters. The Morgan fingerprint density at radius 3 is 2.58 bits per heavy atom. The zero-order valence-corrected chi connectivity index (χ0v) is 12.2. The van der Waals surface area contributed by atoms with Crippen molar-refractivity contribution in [3.63, 3.8) is 0 Å². The maximum absolute atomic E-state index is 11.9. The Bertz CT molecular complexity index is 530. The third-order valence-corrected chi connectivity index (χ3v) is 5.20. The molecule has 1 aliphatic rings. The zero-order chi connectivity index (χ0) is 14.1. The summed E-state index contributed by atoms with van der Waals surface area (Å²) in [5.41, 5.74) is 5.67. The molecule has 1 aliphatic carbocycles. The highest BCUT2D eigenvalue weighted by Crippen LogP contribution is 2.34. The topological polar surface area (TPSA) is 99.1 Å². The number of nitrogens with two attached hydrogens (primary N) is 1. The lowest BCUT2D eigenvalue weighted by atomic mass is 9.99. The Hall–Kier alpha value is -0.950. The second kappa shape index (κ2) is 5.20. The molecule has 7 heteroatoms. The first-order chi connectivity index (χ1) is 8.81. The van der Waals surface area contributed by atoms with Crippen LogP contribution in [0.2, 0.25) is 0 Å². The van der Waals surface area contributed by atoms with Gasteiger partial charge in [-0.15, -0.1) is 0 Å². The predicted molar refractivity (Wildman–Crippen MR) is 71.0 cm³/mol. The molecule has 0 bridgehead atoms. The quantitative estimate of drug-likeness (QED) is 0.878. The van der Waals surface area contributed by atoms with Crippen molar-refractivity contribution in [3.05, 3.63) is 11.7 Å². The van der Waals surface area contributed by atoms with Crippen molar-refractivity contribution in [3.8, 4) is 0 Å². The van der Waals surface area contributed by atoms with E-state index in [2.05, 4.69) is 10.1 Å². The van der Waals surface area contributed by atoms with Crippen LogP contribution in [0.3, 0.4) is 0 Å². The highest BCUT2D eigenvalue weighted by Gasteiger charge is 2.36. The molecule has 2 N–H and O–H groups in total. The van der Waals surface area contributed by atoms with Crippen molar-refractivity contribution < 1.29 is 12.9 Å². The molecule has 1 heterocycles. The molecule has 0 amide bonds. The van der Waals surface area contributed by atoms with E-state index in [-0.39, 0.29) is 23.3 Å². The van der Waals surface area contributed by atoms with E-state index in [1.54, 1.807) is 0 Å². The monoisotopic (exact) mass is 287 g/mol. The normalized spacial score (nSPS) is 19.2. The van der Waals surface area contributed by atoms with Gasteiger partial charge in [-0.3, -0.25) is 0 Å². The highest BCUT2D eigenvalue weighted by molar-refractivity contribution is 7.90. The number of hydrogen-bond donors (Lipinski definition) is 1. The SMILES string of the molecule is CC(C)CS(=O)(=O)Cc1nc(C2(N)CCCC2)no1. The lowest BCUT2D eigenvalue weighted by Crippen LogP contribution is -2.34. The number of rotatable bonds is 5.